The number of para-hydroxylation sites is 4. The van der Waals surface area contributed by atoms with Gasteiger partial charge in [-0.25, -0.2) is 9.97 Å². The first-order valence-corrected chi connectivity index (χ1v) is 17.2. The summed E-state index contributed by atoms with van der Waals surface area (Å²) in [5.74, 6) is 0. The van der Waals surface area contributed by atoms with E-state index >= 15 is 0 Å². The molecular formula is C46H24N4. The Labute approximate surface area is 284 Å². The Morgan fingerprint density at radius 3 is 1.86 bits per heavy atom. The third-order valence-corrected chi connectivity index (χ3v) is 11.3. The third kappa shape index (κ3) is 2.84. The van der Waals surface area contributed by atoms with Crippen LogP contribution in [0, 0.1) is 0 Å². The Hall–Kier alpha value is -6.78. The van der Waals surface area contributed by atoms with Gasteiger partial charge in [-0.2, -0.15) is 0 Å². The standard InChI is InChI=1S/C46H24N4/c1-2-11-26-25(10-1)20-22-39-41(26)33-24-32-27-12-3-7-18-36(27)49-37-19-8-4-13-29(37)42(45(32)49)46(33)50(39)38-23-21-31-40-28(38)14-9-15-30(40)43-44(31)48-35-17-6-5-16-34(35)47-43/h1-24H. The molecule has 0 atom stereocenters. The second-order valence-electron chi connectivity index (χ2n) is 13.7. The van der Waals surface area contributed by atoms with Gasteiger partial charge in [0.15, 0.2) is 0 Å². The summed E-state index contributed by atoms with van der Waals surface area (Å²) in [5.41, 5.74) is 13.5. The van der Waals surface area contributed by atoms with Crippen molar-refractivity contribution in [2.45, 2.75) is 0 Å². The summed E-state index contributed by atoms with van der Waals surface area (Å²) in [6, 6.07) is 53.2. The van der Waals surface area contributed by atoms with Crippen LogP contribution in [0.3, 0.4) is 0 Å². The summed E-state index contributed by atoms with van der Waals surface area (Å²) in [7, 11) is 0. The van der Waals surface area contributed by atoms with Crippen LogP contribution >= 0.6 is 0 Å². The average Bonchev–Trinajstić information content (AvgIpc) is 3.89. The fourth-order valence-corrected chi connectivity index (χ4v) is 9.38. The van der Waals surface area contributed by atoms with Crippen LogP contribution in [0.25, 0.3) is 121 Å². The van der Waals surface area contributed by atoms with Gasteiger partial charge in [0, 0.05) is 54.2 Å². The van der Waals surface area contributed by atoms with Gasteiger partial charge in [-0.1, -0.05) is 97.1 Å². The zero-order valence-electron chi connectivity index (χ0n) is 26.6. The fraction of sp³-hybridized carbons (Fsp3) is 0. The molecule has 0 saturated carbocycles. The Morgan fingerprint density at radius 2 is 1.04 bits per heavy atom. The molecule has 228 valence electrons. The van der Waals surface area contributed by atoms with Gasteiger partial charge in [0.25, 0.3) is 0 Å². The zero-order chi connectivity index (χ0) is 32.2. The lowest BCUT2D eigenvalue weighted by Crippen LogP contribution is -1.96. The normalized spacial score (nSPS) is 12.8. The summed E-state index contributed by atoms with van der Waals surface area (Å²) >= 11 is 0. The van der Waals surface area contributed by atoms with Gasteiger partial charge in [-0.3, -0.25) is 0 Å². The fourth-order valence-electron chi connectivity index (χ4n) is 9.38. The molecule has 0 spiro atoms. The molecule has 0 aliphatic heterocycles. The molecule has 1 aliphatic carbocycles. The van der Waals surface area contributed by atoms with E-state index in [1.165, 1.54) is 87.1 Å². The number of hydrogen-bond acceptors (Lipinski definition) is 2. The van der Waals surface area contributed by atoms with E-state index in [1.807, 2.05) is 12.1 Å². The minimum Gasteiger partial charge on any atom is -0.308 e. The Bertz CT molecular complexity index is 3440. The van der Waals surface area contributed by atoms with Crippen LogP contribution in [-0.2, 0) is 0 Å². The van der Waals surface area contributed by atoms with E-state index in [-0.39, 0.29) is 0 Å². The predicted molar refractivity (Wildman–Crippen MR) is 208 cm³/mol. The van der Waals surface area contributed by atoms with E-state index in [2.05, 4.69) is 142 Å². The average molecular weight is 633 g/mol. The second-order valence-corrected chi connectivity index (χ2v) is 13.7. The van der Waals surface area contributed by atoms with Crippen molar-refractivity contribution in [1.82, 2.24) is 18.9 Å². The van der Waals surface area contributed by atoms with Crippen molar-refractivity contribution < 1.29 is 0 Å². The van der Waals surface area contributed by atoms with Crippen LogP contribution in [0.2, 0.25) is 0 Å². The van der Waals surface area contributed by atoms with Crippen LogP contribution in [0.4, 0.5) is 0 Å². The first-order chi connectivity index (χ1) is 24.8. The largest absolute Gasteiger partial charge is 0.308 e. The minimum atomic E-state index is 0.923. The first kappa shape index (κ1) is 25.3. The van der Waals surface area contributed by atoms with Crippen LogP contribution in [0.5, 0.6) is 0 Å². The quantitative estimate of drug-likeness (QED) is 0.180. The molecule has 0 saturated heterocycles. The number of aromatic nitrogens is 4. The molecule has 0 radical (unpaired) electrons. The Morgan fingerprint density at radius 1 is 0.380 bits per heavy atom. The molecule has 4 heteroatoms. The maximum absolute atomic E-state index is 5.16. The highest BCUT2D eigenvalue weighted by Crippen LogP contribution is 2.51. The third-order valence-electron chi connectivity index (χ3n) is 11.3. The molecule has 1 aliphatic rings. The van der Waals surface area contributed by atoms with E-state index in [0.29, 0.717) is 0 Å². The summed E-state index contributed by atoms with van der Waals surface area (Å²) in [5, 5.41) is 12.7. The molecule has 12 aromatic rings. The predicted octanol–water partition coefficient (Wildman–Crippen LogP) is 11.8. The van der Waals surface area contributed by atoms with Gasteiger partial charge >= 0.3 is 0 Å². The molecule has 4 heterocycles. The van der Waals surface area contributed by atoms with Gasteiger partial charge in [-0.05, 0) is 59.3 Å². The number of rotatable bonds is 1. The van der Waals surface area contributed by atoms with Gasteiger partial charge < -0.3 is 8.97 Å². The van der Waals surface area contributed by atoms with Gasteiger partial charge in [0.1, 0.15) is 0 Å². The topological polar surface area (TPSA) is 35.1 Å². The van der Waals surface area contributed by atoms with Crippen LogP contribution in [-0.4, -0.2) is 18.9 Å². The summed E-state index contributed by atoms with van der Waals surface area (Å²) < 4.78 is 5.04. The SMILES string of the molecule is c1ccc2c(c1)ccc1c2c2cc3c4ccccc4n4c5ccccc5c(c2n1-c1ccc2c5c(cccc15)-c1nc5ccccc5nc1-2)c34. The van der Waals surface area contributed by atoms with E-state index in [9.17, 15) is 0 Å². The van der Waals surface area contributed by atoms with Crippen molar-refractivity contribution in [3.8, 4) is 28.2 Å². The van der Waals surface area contributed by atoms with Crippen LogP contribution in [0.15, 0.2) is 146 Å². The Balaban J connectivity index is 1.27. The zero-order valence-corrected chi connectivity index (χ0v) is 26.6. The summed E-state index contributed by atoms with van der Waals surface area (Å²) in [4.78, 5) is 10.3. The maximum Gasteiger partial charge on any atom is 0.0979 e. The van der Waals surface area contributed by atoms with E-state index in [4.69, 9.17) is 9.97 Å². The van der Waals surface area contributed by atoms with Crippen molar-refractivity contribution in [2.75, 3.05) is 0 Å². The molecule has 0 bridgehead atoms. The number of benzene rings is 8. The lowest BCUT2D eigenvalue weighted by molar-refractivity contribution is 1.21. The summed E-state index contributed by atoms with van der Waals surface area (Å²) in [6.45, 7) is 0. The highest BCUT2D eigenvalue weighted by atomic mass is 15.0. The van der Waals surface area contributed by atoms with Crippen LogP contribution in [0.1, 0.15) is 0 Å². The van der Waals surface area contributed by atoms with Crippen molar-refractivity contribution in [1.29, 1.82) is 0 Å². The monoisotopic (exact) mass is 632 g/mol. The molecule has 4 nitrogen and oxygen atoms in total. The molecule has 0 N–H and O–H groups in total. The molecule has 13 rings (SSSR count). The van der Waals surface area contributed by atoms with Gasteiger partial charge in [-0.15, -0.1) is 0 Å². The number of nitrogens with zero attached hydrogens (tertiary/aromatic N) is 4. The minimum absolute atomic E-state index is 0.923. The molecule has 0 amide bonds. The molecule has 0 fully saturated rings. The second kappa shape index (κ2) is 8.62. The van der Waals surface area contributed by atoms with E-state index in [0.717, 1.165) is 33.5 Å². The van der Waals surface area contributed by atoms with Crippen molar-refractivity contribution in [2.24, 2.45) is 0 Å². The van der Waals surface area contributed by atoms with Crippen molar-refractivity contribution in [3.63, 3.8) is 0 Å². The van der Waals surface area contributed by atoms with E-state index in [1.54, 1.807) is 0 Å². The summed E-state index contributed by atoms with van der Waals surface area (Å²) in [6.07, 6.45) is 0. The van der Waals surface area contributed by atoms with Crippen molar-refractivity contribution in [3.05, 3.63) is 146 Å². The number of hydrogen-bond donors (Lipinski definition) is 0. The molecule has 8 aromatic carbocycles. The lowest BCUT2D eigenvalue weighted by atomic mass is 10.00. The lowest BCUT2D eigenvalue weighted by Gasteiger charge is -2.14. The number of fused-ring (bicyclic) bond motifs is 16. The Kier molecular flexibility index (Phi) is 4.36. The molecule has 0 unspecified atom stereocenters. The molecule has 4 aromatic heterocycles. The highest BCUT2D eigenvalue weighted by molar-refractivity contribution is 6.36. The first-order valence-electron chi connectivity index (χ1n) is 17.2. The van der Waals surface area contributed by atoms with Gasteiger partial charge in [0.05, 0.1) is 55.7 Å². The van der Waals surface area contributed by atoms with Crippen LogP contribution < -0.4 is 0 Å². The van der Waals surface area contributed by atoms with Crippen molar-refractivity contribution >= 4 is 92.5 Å². The molecular weight excluding hydrogens is 609 g/mol. The smallest absolute Gasteiger partial charge is 0.0979 e. The van der Waals surface area contributed by atoms with Gasteiger partial charge in [0.2, 0.25) is 0 Å². The van der Waals surface area contributed by atoms with E-state index < -0.39 is 0 Å². The highest BCUT2D eigenvalue weighted by Gasteiger charge is 2.29. The molecule has 50 heavy (non-hydrogen) atoms. The maximum atomic E-state index is 5.16.